The SMILES string of the molecule is CC1CC(=O)N(CC(C)(CC(C)(C)O[Si](C)(C)C)C[Si](C)(C)C)C1. The highest BCUT2D eigenvalue weighted by atomic mass is 28.4. The Morgan fingerprint density at radius 2 is 1.67 bits per heavy atom. The molecule has 2 atom stereocenters. The smallest absolute Gasteiger partial charge is 0.222 e. The van der Waals surface area contributed by atoms with E-state index in [0.717, 1.165) is 25.9 Å². The molecule has 0 N–H and O–H groups in total. The molecule has 1 heterocycles. The van der Waals surface area contributed by atoms with Gasteiger partial charge in [0, 0.05) is 27.6 Å². The summed E-state index contributed by atoms with van der Waals surface area (Å²) in [5.41, 5.74) is 0.000598. The second kappa shape index (κ2) is 7.24. The van der Waals surface area contributed by atoms with E-state index in [4.69, 9.17) is 4.43 Å². The van der Waals surface area contributed by atoms with Crippen molar-refractivity contribution in [3.8, 4) is 0 Å². The third-order valence-electron chi connectivity index (χ3n) is 4.37. The Hall–Kier alpha value is -0.136. The lowest BCUT2D eigenvalue weighted by Crippen LogP contribution is -2.47. The van der Waals surface area contributed by atoms with E-state index < -0.39 is 16.4 Å². The first-order chi connectivity index (χ1) is 10.5. The fraction of sp³-hybridized carbons (Fsp3) is 0.947. The minimum absolute atomic E-state index is 0.132. The van der Waals surface area contributed by atoms with Gasteiger partial charge in [-0.1, -0.05) is 39.5 Å². The summed E-state index contributed by atoms with van der Waals surface area (Å²) in [6, 6.07) is 1.23. The predicted octanol–water partition coefficient (Wildman–Crippen LogP) is 5.22. The van der Waals surface area contributed by atoms with Crippen molar-refractivity contribution in [2.75, 3.05) is 13.1 Å². The van der Waals surface area contributed by atoms with Gasteiger partial charge in [0.25, 0.3) is 0 Å². The van der Waals surface area contributed by atoms with Crippen LogP contribution in [0.1, 0.15) is 40.5 Å². The van der Waals surface area contributed by atoms with E-state index in [1.807, 2.05) is 0 Å². The fourth-order valence-electron chi connectivity index (χ4n) is 4.93. The van der Waals surface area contributed by atoms with Gasteiger partial charge < -0.3 is 9.33 Å². The van der Waals surface area contributed by atoms with Gasteiger partial charge in [-0.05, 0) is 51.2 Å². The molecule has 24 heavy (non-hydrogen) atoms. The first-order valence-electron chi connectivity index (χ1n) is 9.48. The lowest BCUT2D eigenvalue weighted by Gasteiger charge is -2.44. The predicted molar refractivity (Wildman–Crippen MR) is 110 cm³/mol. The molecule has 1 fully saturated rings. The van der Waals surface area contributed by atoms with Crippen LogP contribution in [0.2, 0.25) is 45.3 Å². The van der Waals surface area contributed by atoms with Gasteiger partial charge in [0.2, 0.25) is 5.91 Å². The van der Waals surface area contributed by atoms with E-state index in [0.29, 0.717) is 11.8 Å². The molecule has 0 aromatic rings. The third-order valence-corrected chi connectivity index (χ3v) is 7.45. The lowest BCUT2D eigenvalue weighted by molar-refractivity contribution is -0.129. The summed E-state index contributed by atoms with van der Waals surface area (Å²) in [5.74, 6) is 0.841. The first-order valence-corrected chi connectivity index (χ1v) is 16.6. The molecule has 1 rings (SSSR count). The van der Waals surface area contributed by atoms with Crippen LogP contribution in [0.15, 0.2) is 0 Å². The van der Waals surface area contributed by atoms with Crippen LogP contribution in [0.25, 0.3) is 0 Å². The number of carbonyl (C=O) groups excluding carboxylic acids is 1. The van der Waals surface area contributed by atoms with Crippen molar-refractivity contribution < 1.29 is 9.22 Å². The van der Waals surface area contributed by atoms with Crippen LogP contribution in [0, 0.1) is 11.3 Å². The maximum Gasteiger partial charge on any atom is 0.222 e. The molecule has 0 radical (unpaired) electrons. The topological polar surface area (TPSA) is 29.5 Å². The normalized spacial score (nSPS) is 22.8. The summed E-state index contributed by atoms with van der Waals surface area (Å²) in [5, 5.41) is 0. The number of amides is 1. The second-order valence-electron chi connectivity index (χ2n) is 11.3. The molecular weight excluding hydrogens is 330 g/mol. The molecule has 0 saturated carbocycles. The number of hydrogen-bond donors (Lipinski definition) is 0. The molecule has 0 aliphatic carbocycles. The Morgan fingerprint density at radius 3 is 2.04 bits per heavy atom. The van der Waals surface area contributed by atoms with Crippen molar-refractivity contribution >= 4 is 22.3 Å². The van der Waals surface area contributed by atoms with E-state index >= 15 is 0 Å². The minimum atomic E-state index is -1.59. The fourth-order valence-corrected chi connectivity index (χ4v) is 9.46. The van der Waals surface area contributed by atoms with Crippen molar-refractivity contribution in [1.29, 1.82) is 0 Å². The van der Waals surface area contributed by atoms with Crippen molar-refractivity contribution in [1.82, 2.24) is 4.90 Å². The van der Waals surface area contributed by atoms with Crippen LogP contribution < -0.4 is 0 Å². The maximum absolute atomic E-state index is 12.3. The molecule has 1 saturated heterocycles. The third kappa shape index (κ3) is 7.83. The van der Waals surface area contributed by atoms with Crippen LogP contribution in [-0.2, 0) is 9.22 Å². The molecule has 0 bridgehead atoms. The van der Waals surface area contributed by atoms with Gasteiger partial charge in [0.15, 0.2) is 8.32 Å². The molecule has 3 nitrogen and oxygen atoms in total. The maximum atomic E-state index is 12.3. The van der Waals surface area contributed by atoms with Crippen LogP contribution in [0.3, 0.4) is 0 Å². The largest absolute Gasteiger partial charge is 0.413 e. The van der Waals surface area contributed by atoms with E-state index in [1.165, 1.54) is 6.04 Å². The minimum Gasteiger partial charge on any atom is -0.413 e. The van der Waals surface area contributed by atoms with E-state index in [9.17, 15) is 4.79 Å². The summed E-state index contributed by atoms with van der Waals surface area (Å²) in [4.78, 5) is 14.5. The molecule has 0 aromatic carbocycles. The summed E-state index contributed by atoms with van der Waals surface area (Å²) in [6.45, 7) is 25.0. The van der Waals surface area contributed by atoms with Crippen molar-refractivity contribution in [2.24, 2.45) is 11.3 Å². The van der Waals surface area contributed by atoms with Crippen LogP contribution in [0.4, 0.5) is 0 Å². The number of rotatable bonds is 8. The monoisotopic (exact) mass is 371 g/mol. The summed E-state index contributed by atoms with van der Waals surface area (Å²) in [7, 11) is -2.83. The number of hydrogen-bond acceptors (Lipinski definition) is 2. The second-order valence-corrected chi connectivity index (χ2v) is 21.2. The zero-order valence-electron chi connectivity index (χ0n) is 17.9. The Balaban J connectivity index is 2.95. The summed E-state index contributed by atoms with van der Waals surface area (Å²) in [6.07, 6.45) is 1.74. The number of likely N-dealkylation sites (tertiary alicyclic amines) is 1. The Labute approximate surface area is 152 Å². The van der Waals surface area contributed by atoms with Gasteiger partial charge in [-0.2, -0.15) is 0 Å². The van der Waals surface area contributed by atoms with Crippen LogP contribution >= 0.6 is 0 Å². The Morgan fingerprint density at radius 1 is 1.12 bits per heavy atom. The summed E-state index contributed by atoms with van der Waals surface area (Å²) >= 11 is 0. The van der Waals surface area contributed by atoms with Crippen LogP contribution in [-0.4, -0.2) is 45.9 Å². The van der Waals surface area contributed by atoms with Gasteiger partial charge in [0.1, 0.15) is 0 Å². The van der Waals surface area contributed by atoms with Gasteiger partial charge >= 0.3 is 0 Å². The van der Waals surface area contributed by atoms with Gasteiger partial charge in [-0.15, -0.1) is 0 Å². The highest BCUT2D eigenvalue weighted by Gasteiger charge is 2.41. The molecule has 1 aliphatic rings. The lowest BCUT2D eigenvalue weighted by atomic mass is 9.81. The molecule has 1 aliphatic heterocycles. The first kappa shape index (κ1) is 21.9. The number of carbonyl (C=O) groups is 1. The molecule has 0 aromatic heterocycles. The molecule has 1 amide bonds. The van der Waals surface area contributed by atoms with Gasteiger partial charge in [0.05, 0.1) is 5.60 Å². The highest BCUT2D eigenvalue weighted by molar-refractivity contribution is 6.76. The van der Waals surface area contributed by atoms with Gasteiger partial charge in [-0.3, -0.25) is 4.79 Å². The van der Waals surface area contributed by atoms with E-state index in [-0.39, 0.29) is 11.0 Å². The van der Waals surface area contributed by atoms with E-state index in [2.05, 4.69) is 71.9 Å². The van der Waals surface area contributed by atoms with Crippen molar-refractivity contribution in [2.45, 2.75) is 91.5 Å². The van der Waals surface area contributed by atoms with Crippen molar-refractivity contribution in [3.63, 3.8) is 0 Å². The molecule has 142 valence electrons. The molecule has 5 heteroatoms. The quantitative estimate of drug-likeness (QED) is 0.547. The zero-order chi connectivity index (χ0) is 19.0. The Bertz CT molecular complexity index is 451. The molecule has 2 unspecified atom stereocenters. The summed E-state index contributed by atoms with van der Waals surface area (Å²) < 4.78 is 6.50. The number of nitrogens with zero attached hydrogens (tertiary/aromatic N) is 1. The molecule has 0 spiro atoms. The average molecular weight is 372 g/mol. The Kier molecular flexibility index (Phi) is 6.60. The van der Waals surface area contributed by atoms with Crippen LogP contribution in [0.5, 0.6) is 0 Å². The van der Waals surface area contributed by atoms with E-state index in [1.54, 1.807) is 0 Å². The van der Waals surface area contributed by atoms with Gasteiger partial charge in [-0.25, -0.2) is 0 Å². The standard InChI is InChI=1S/C19H41NO2Si2/c1-16-11-17(21)20(12-16)14-19(4,15-23(5,6)7)13-18(2,3)22-24(8,9)10/h16H,11-15H2,1-10H3. The van der Waals surface area contributed by atoms with Crippen molar-refractivity contribution in [3.05, 3.63) is 0 Å². The molecular formula is C19H41NO2Si2. The highest BCUT2D eigenvalue weighted by Crippen LogP contribution is 2.40. The zero-order valence-corrected chi connectivity index (χ0v) is 19.9. The average Bonchev–Trinajstić information content (AvgIpc) is 2.47.